The first kappa shape index (κ1) is 15.9. The Hall–Kier alpha value is -1.14. The van der Waals surface area contributed by atoms with Crippen LogP contribution in [0.4, 0.5) is 11.9 Å². The Morgan fingerprint density at radius 2 is 1.89 bits per heavy atom. The third kappa shape index (κ3) is 5.16. The molecule has 0 bridgehead atoms. The van der Waals surface area contributed by atoms with Gasteiger partial charge in [-0.2, -0.15) is 15.0 Å². The number of likely N-dealkylation sites (N-methyl/N-ethyl adjacent to an activating group) is 1. The topological polar surface area (TPSA) is 57.2 Å². The van der Waals surface area contributed by atoms with Crippen LogP contribution in [0, 0.1) is 0 Å². The molecule has 0 aliphatic heterocycles. The van der Waals surface area contributed by atoms with Gasteiger partial charge < -0.3 is 15.1 Å². The van der Waals surface area contributed by atoms with Crippen LogP contribution in [0.25, 0.3) is 0 Å². The minimum atomic E-state index is 0.205. The summed E-state index contributed by atoms with van der Waals surface area (Å²) in [4.78, 5) is 16.5. The van der Waals surface area contributed by atoms with Gasteiger partial charge in [0.1, 0.15) is 0 Å². The van der Waals surface area contributed by atoms with E-state index in [1.54, 1.807) is 4.90 Å². The van der Waals surface area contributed by atoms with Gasteiger partial charge in [-0.05, 0) is 32.0 Å². The van der Waals surface area contributed by atoms with Crippen molar-refractivity contribution in [1.29, 1.82) is 0 Å². The Morgan fingerprint density at radius 3 is 2.47 bits per heavy atom. The molecule has 0 spiro atoms. The summed E-state index contributed by atoms with van der Waals surface area (Å²) < 4.78 is 0. The molecule has 1 atom stereocenters. The van der Waals surface area contributed by atoms with Gasteiger partial charge in [-0.3, -0.25) is 0 Å². The second kappa shape index (κ2) is 7.45. The summed E-state index contributed by atoms with van der Waals surface area (Å²) in [5.74, 6) is 1.07. The zero-order chi connectivity index (χ0) is 14.4. The second-order valence-electron chi connectivity index (χ2n) is 4.79. The van der Waals surface area contributed by atoms with Crippen molar-refractivity contribution in [3.63, 3.8) is 0 Å². The lowest BCUT2D eigenvalue weighted by Gasteiger charge is -2.23. The van der Waals surface area contributed by atoms with E-state index in [0.29, 0.717) is 17.9 Å². The molecular weight excluding hydrogens is 264 g/mol. The molecule has 6 nitrogen and oxygen atoms in total. The van der Waals surface area contributed by atoms with Gasteiger partial charge in [-0.15, -0.1) is 0 Å². The Balaban J connectivity index is 2.54. The fourth-order valence-corrected chi connectivity index (χ4v) is 1.65. The number of hydrogen-bond donors (Lipinski definition) is 1. The van der Waals surface area contributed by atoms with E-state index < -0.39 is 0 Å². The number of halogens is 1. The Labute approximate surface area is 120 Å². The summed E-state index contributed by atoms with van der Waals surface area (Å²) in [5, 5.41) is 3.38. The summed E-state index contributed by atoms with van der Waals surface area (Å²) in [5.41, 5.74) is 0. The predicted molar refractivity (Wildman–Crippen MR) is 80.0 cm³/mol. The van der Waals surface area contributed by atoms with Crippen molar-refractivity contribution in [1.82, 2.24) is 19.9 Å². The highest BCUT2D eigenvalue weighted by Crippen LogP contribution is 2.11. The minimum Gasteiger partial charge on any atom is -0.353 e. The van der Waals surface area contributed by atoms with Crippen LogP contribution in [0.1, 0.15) is 20.3 Å². The number of hydrogen-bond acceptors (Lipinski definition) is 6. The molecule has 19 heavy (non-hydrogen) atoms. The second-order valence-corrected chi connectivity index (χ2v) is 5.13. The van der Waals surface area contributed by atoms with Crippen LogP contribution >= 0.6 is 11.6 Å². The molecule has 0 saturated carbocycles. The molecule has 0 saturated heterocycles. The van der Waals surface area contributed by atoms with Gasteiger partial charge in [-0.25, -0.2) is 0 Å². The van der Waals surface area contributed by atoms with E-state index >= 15 is 0 Å². The van der Waals surface area contributed by atoms with Gasteiger partial charge in [-0.1, -0.05) is 6.92 Å². The van der Waals surface area contributed by atoms with Crippen LogP contribution in [-0.2, 0) is 0 Å². The van der Waals surface area contributed by atoms with Crippen molar-refractivity contribution in [2.24, 2.45) is 0 Å². The molecule has 0 aliphatic carbocycles. The fraction of sp³-hybridized carbons (Fsp3) is 0.750. The summed E-state index contributed by atoms with van der Waals surface area (Å²) >= 11 is 5.87. The summed E-state index contributed by atoms with van der Waals surface area (Å²) in [6.07, 6.45) is 1.14. The van der Waals surface area contributed by atoms with Crippen LogP contribution in [0.2, 0.25) is 5.28 Å². The SMILES string of the molecule is CCC(C)N(C)CCNc1nc(Cl)nc(N(C)C)n1. The number of nitrogens with one attached hydrogen (secondary N) is 1. The third-order valence-corrected chi connectivity index (χ3v) is 3.26. The van der Waals surface area contributed by atoms with E-state index in [4.69, 9.17) is 11.6 Å². The number of anilines is 2. The van der Waals surface area contributed by atoms with Gasteiger partial charge in [0.25, 0.3) is 0 Å². The monoisotopic (exact) mass is 286 g/mol. The largest absolute Gasteiger partial charge is 0.353 e. The quantitative estimate of drug-likeness (QED) is 0.824. The number of rotatable bonds is 7. The first-order chi connectivity index (χ1) is 8.93. The first-order valence-electron chi connectivity index (χ1n) is 6.47. The summed E-state index contributed by atoms with van der Waals surface area (Å²) in [6, 6.07) is 0.570. The molecule has 0 amide bonds. The summed E-state index contributed by atoms with van der Waals surface area (Å²) in [7, 11) is 5.85. The molecule has 1 rings (SSSR count). The van der Waals surface area contributed by atoms with Crippen LogP contribution < -0.4 is 10.2 Å². The molecule has 0 fully saturated rings. The van der Waals surface area contributed by atoms with Crippen LogP contribution in [0.3, 0.4) is 0 Å². The van der Waals surface area contributed by atoms with Crippen molar-refractivity contribution in [3.8, 4) is 0 Å². The molecule has 1 aromatic rings. The first-order valence-corrected chi connectivity index (χ1v) is 6.84. The molecule has 108 valence electrons. The predicted octanol–water partition coefficient (Wildman–Crippen LogP) is 1.73. The maximum atomic E-state index is 5.87. The van der Waals surface area contributed by atoms with E-state index in [-0.39, 0.29) is 5.28 Å². The highest BCUT2D eigenvalue weighted by Gasteiger charge is 2.08. The maximum absolute atomic E-state index is 5.87. The molecule has 0 aliphatic rings. The molecule has 1 heterocycles. The Morgan fingerprint density at radius 1 is 1.21 bits per heavy atom. The van der Waals surface area contributed by atoms with Gasteiger partial charge in [0.05, 0.1) is 0 Å². The van der Waals surface area contributed by atoms with E-state index in [1.165, 1.54) is 0 Å². The van der Waals surface area contributed by atoms with E-state index in [1.807, 2.05) is 14.1 Å². The highest BCUT2D eigenvalue weighted by atomic mass is 35.5. The Kier molecular flexibility index (Phi) is 6.24. The van der Waals surface area contributed by atoms with Gasteiger partial charge >= 0.3 is 0 Å². The molecule has 0 aromatic carbocycles. The molecule has 1 N–H and O–H groups in total. The number of nitrogens with zero attached hydrogens (tertiary/aromatic N) is 5. The van der Waals surface area contributed by atoms with Gasteiger partial charge in [0, 0.05) is 33.2 Å². The molecule has 1 unspecified atom stereocenters. The standard InChI is InChI=1S/C12H23ClN6/c1-6-9(2)19(5)8-7-14-11-15-10(13)16-12(17-11)18(3)4/h9H,6-8H2,1-5H3,(H,14,15,16,17). The van der Waals surface area contributed by atoms with Crippen molar-refractivity contribution < 1.29 is 0 Å². The molecule has 7 heteroatoms. The van der Waals surface area contributed by atoms with Crippen molar-refractivity contribution in [2.45, 2.75) is 26.3 Å². The lowest BCUT2D eigenvalue weighted by Crippen LogP contribution is -2.33. The van der Waals surface area contributed by atoms with E-state index in [2.05, 4.69) is 46.1 Å². The zero-order valence-corrected chi connectivity index (χ0v) is 13.1. The van der Waals surface area contributed by atoms with Crippen molar-refractivity contribution >= 4 is 23.5 Å². The van der Waals surface area contributed by atoms with E-state index in [9.17, 15) is 0 Å². The Bertz CT molecular complexity index is 398. The van der Waals surface area contributed by atoms with E-state index in [0.717, 1.165) is 19.5 Å². The average Bonchev–Trinajstić information content (AvgIpc) is 2.36. The summed E-state index contributed by atoms with van der Waals surface area (Å²) in [6.45, 7) is 6.09. The van der Waals surface area contributed by atoms with Crippen molar-refractivity contribution in [2.75, 3.05) is 44.4 Å². The molecule has 1 aromatic heterocycles. The maximum Gasteiger partial charge on any atom is 0.230 e. The lowest BCUT2D eigenvalue weighted by molar-refractivity contribution is 0.261. The molecular formula is C12H23ClN6. The molecule has 0 radical (unpaired) electrons. The van der Waals surface area contributed by atoms with Crippen LogP contribution in [0.5, 0.6) is 0 Å². The third-order valence-electron chi connectivity index (χ3n) is 3.09. The smallest absolute Gasteiger partial charge is 0.230 e. The normalized spacial score (nSPS) is 12.6. The number of aromatic nitrogens is 3. The van der Waals surface area contributed by atoms with Crippen molar-refractivity contribution in [3.05, 3.63) is 5.28 Å². The highest BCUT2D eigenvalue weighted by molar-refractivity contribution is 6.28. The van der Waals surface area contributed by atoms with Gasteiger partial charge in [0.2, 0.25) is 17.2 Å². The average molecular weight is 287 g/mol. The van der Waals surface area contributed by atoms with Crippen LogP contribution in [-0.4, -0.2) is 60.1 Å². The minimum absolute atomic E-state index is 0.205. The van der Waals surface area contributed by atoms with Gasteiger partial charge in [0.15, 0.2) is 0 Å². The zero-order valence-electron chi connectivity index (χ0n) is 12.3. The fourth-order valence-electron chi connectivity index (χ4n) is 1.49. The lowest BCUT2D eigenvalue weighted by atomic mass is 10.2. The van der Waals surface area contributed by atoms with Crippen LogP contribution in [0.15, 0.2) is 0 Å².